The number of rotatable bonds is 1. The molecule has 0 amide bonds. The highest BCUT2D eigenvalue weighted by atomic mass is 79.9. The van der Waals surface area contributed by atoms with E-state index in [4.69, 9.17) is 5.73 Å². The fourth-order valence-electron chi connectivity index (χ4n) is 1.43. The number of aryl methyl sites for hydroxylation is 1. The molecule has 0 saturated heterocycles. The van der Waals surface area contributed by atoms with Gasteiger partial charge in [0.05, 0.1) is 11.2 Å². The minimum atomic E-state index is 0.485. The molecule has 0 atom stereocenters. The largest absolute Gasteiger partial charge is 0.325 e. The Bertz CT molecular complexity index is 447. The number of nitrogens with zero attached hydrogens (tertiary/aromatic N) is 2. The van der Waals surface area contributed by atoms with E-state index < -0.39 is 0 Å². The Kier molecular flexibility index (Phi) is 2.09. The van der Waals surface area contributed by atoms with Gasteiger partial charge in [0.1, 0.15) is 5.82 Å². The van der Waals surface area contributed by atoms with Gasteiger partial charge in [-0.05, 0) is 35.0 Å². The molecule has 2 rings (SSSR count). The highest BCUT2D eigenvalue weighted by Gasteiger charge is 2.05. The molecule has 0 aromatic carbocycles. The summed E-state index contributed by atoms with van der Waals surface area (Å²) in [4.78, 5) is 4.37. The second-order valence-corrected chi connectivity index (χ2v) is 3.83. The van der Waals surface area contributed by atoms with Crippen molar-refractivity contribution < 1.29 is 0 Å². The molecule has 0 aliphatic heterocycles. The molecule has 2 heterocycles. The number of aromatic nitrogens is 2. The maximum atomic E-state index is 5.58. The zero-order valence-electron chi connectivity index (χ0n) is 7.29. The Hall–Kier alpha value is -0.870. The van der Waals surface area contributed by atoms with Gasteiger partial charge in [-0.15, -0.1) is 0 Å². The topological polar surface area (TPSA) is 43.3 Å². The predicted octanol–water partition coefficient (Wildman–Crippen LogP) is 1.86. The van der Waals surface area contributed by atoms with Gasteiger partial charge < -0.3 is 10.1 Å². The number of hydrogen-bond acceptors (Lipinski definition) is 2. The molecule has 0 aliphatic carbocycles. The number of pyridine rings is 1. The highest BCUT2D eigenvalue weighted by molar-refractivity contribution is 9.10. The molecule has 13 heavy (non-hydrogen) atoms. The highest BCUT2D eigenvalue weighted by Crippen LogP contribution is 2.16. The van der Waals surface area contributed by atoms with Crippen LogP contribution in [0.3, 0.4) is 0 Å². The van der Waals surface area contributed by atoms with Crippen LogP contribution in [0.4, 0.5) is 0 Å². The third kappa shape index (κ3) is 1.36. The fourth-order valence-corrected chi connectivity index (χ4v) is 1.77. The number of fused-ring (bicyclic) bond motifs is 1. The first-order valence-electron chi connectivity index (χ1n) is 4.05. The van der Waals surface area contributed by atoms with Crippen molar-refractivity contribution in [2.75, 3.05) is 0 Å². The third-order valence-electron chi connectivity index (χ3n) is 2.05. The van der Waals surface area contributed by atoms with Crippen LogP contribution in [-0.2, 0) is 6.54 Å². The minimum Gasteiger partial charge on any atom is -0.325 e. The molecule has 0 aliphatic rings. The predicted molar refractivity (Wildman–Crippen MR) is 55.5 cm³/mol. The lowest BCUT2D eigenvalue weighted by molar-refractivity contribution is 0.990. The molecule has 0 bridgehead atoms. The van der Waals surface area contributed by atoms with Gasteiger partial charge in [-0.3, -0.25) is 0 Å². The summed E-state index contributed by atoms with van der Waals surface area (Å²) in [7, 11) is 0. The summed E-state index contributed by atoms with van der Waals surface area (Å²) < 4.78 is 3.08. The van der Waals surface area contributed by atoms with Crippen molar-refractivity contribution in [3.63, 3.8) is 0 Å². The average Bonchev–Trinajstić information content (AvgIpc) is 2.43. The summed E-state index contributed by atoms with van der Waals surface area (Å²) in [6.07, 6.45) is 2.00. The van der Waals surface area contributed by atoms with E-state index in [9.17, 15) is 0 Å². The lowest BCUT2D eigenvalue weighted by Crippen LogP contribution is -1.96. The first-order valence-corrected chi connectivity index (χ1v) is 4.85. The van der Waals surface area contributed by atoms with Crippen molar-refractivity contribution in [2.45, 2.75) is 13.5 Å². The fraction of sp³-hybridized carbons (Fsp3) is 0.222. The van der Waals surface area contributed by atoms with Crippen LogP contribution in [-0.4, -0.2) is 9.38 Å². The molecule has 2 aromatic rings. The molecule has 0 saturated carbocycles. The van der Waals surface area contributed by atoms with Gasteiger partial charge in [-0.2, -0.15) is 0 Å². The Balaban J connectivity index is 2.80. The SMILES string of the molecule is Cc1nc(CN)c2ccc(Br)cn12. The van der Waals surface area contributed by atoms with E-state index in [0.29, 0.717) is 6.54 Å². The Morgan fingerprint density at radius 1 is 1.54 bits per heavy atom. The van der Waals surface area contributed by atoms with Crippen molar-refractivity contribution in [1.82, 2.24) is 9.38 Å². The molecule has 2 N–H and O–H groups in total. The van der Waals surface area contributed by atoms with Crippen molar-refractivity contribution in [1.29, 1.82) is 0 Å². The van der Waals surface area contributed by atoms with Gasteiger partial charge in [0.2, 0.25) is 0 Å². The first-order chi connectivity index (χ1) is 6.22. The van der Waals surface area contributed by atoms with E-state index in [2.05, 4.69) is 20.9 Å². The van der Waals surface area contributed by atoms with E-state index >= 15 is 0 Å². The lowest BCUT2D eigenvalue weighted by Gasteiger charge is -1.97. The zero-order chi connectivity index (χ0) is 9.42. The molecule has 0 radical (unpaired) electrons. The van der Waals surface area contributed by atoms with Crippen molar-refractivity contribution >= 4 is 21.4 Å². The average molecular weight is 240 g/mol. The Morgan fingerprint density at radius 2 is 2.31 bits per heavy atom. The normalized spacial score (nSPS) is 11.0. The van der Waals surface area contributed by atoms with Crippen LogP contribution >= 0.6 is 15.9 Å². The summed E-state index contributed by atoms with van der Waals surface area (Å²) in [6.45, 7) is 2.46. The van der Waals surface area contributed by atoms with E-state index in [1.165, 1.54) is 0 Å². The van der Waals surface area contributed by atoms with E-state index in [-0.39, 0.29) is 0 Å². The molecule has 3 nitrogen and oxygen atoms in total. The molecule has 2 aromatic heterocycles. The van der Waals surface area contributed by atoms with Crippen LogP contribution in [0.5, 0.6) is 0 Å². The molecular weight excluding hydrogens is 230 g/mol. The molecule has 0 unspecified atom stereocenters. The summed E-state index contributed by atoms with van der Waals surface area (Å²) in [5, 5.41) is 0. The van der Waals surface area contributed by atoms with Gasteiger partial charge in [-0.1, -0.05) is 0 Å². The van der Waals surface area contributed by atoms with Gasteiger partial charge >= 0.3 is 0 Å². The monoisotopic (exact) mass is 239 g/mol. The number of halogens is 1. The van der Waals surface area contributed by atoms with E-state index in [1.54, 1.807) is 0 Å². The van der Waals surface area contributed by atoms with Gasteiger partial charge in [-0.25, -0.2) is 4.98 Å². The van der Waals surface area contributed by atoms with Crippen molar-refractivity contribution in [3.05, 3.63) is 34.3 Å². The van der Waals surface area contributed by atoms with Crippen LogP contribution in [0.15, 0.2) is 22.8 Å². The zero-order valence-corrected chi connectivity index (χ0v) is 8.87. The Morgan fingerprint density at radius 3 is 3.00 bits per heavy atom. The summed E-state index contributed by atoms with van der Waals surface area (Å²) in [5.41, 5.74) is 7.62. The van der Waals surface area contributed by atoms with Gasteiger partial charge in [0.25, 0.3) is 0 Å². The molecule has 0 spiro atoms. The second kappa shape index (κ2) is 3.12. The maximum absolute atomic E-state index is 5.58. The summed E-state index contributed by atoms with van der Waals surface area (Å²) in [5.74, 6) is 0.969. The number of imidazole rings is 1. The molecule has 68 valence electrons. The maximum Gasteiger partial charge on any atom is 0.110 e. The lowest BCUT2D eigenvalue weighted by atomic mass is 10.3. The first kappa shape index (κ1) is 8.72. The van der Waals surface area contributed by atoms with Crippen LogP contribution in [0, 0.1) is 6.92 Å². The van der Waals surface area contributed by atoms with Crippen molar-refractivity contribution in [3.8, 4) is 0 Å². The third-order valence-corrected chi connectivity index (χ3v) is 2.52. The van der Waals surface area contributed by atoms with Crippen LogP contribution in [0.25, 0.3) is 5.52 Å². The standard InChI is InChI=1S/C9H10BrN3/c1-6-12-8(4-11)9-3-2-7(10)5-13(6)9/h2-3,5H,4,11H2,1H3. The quantitative estimate of drug-likeness (QED) is 0.826. The summed E-state index contributed by atoms with van der Waals surface area (Å²) in [6, 6.07) is 4.02. The summed E-state index contributed by atoms with van der Waals surface area (Å²) >= 11 is 3.42. The molecular formula is C9H10BrN3. The number of nitrogens with two attached hydrogens (primary N) is 1. The Labute approximate surface area is 84.7 Å². The van der Waals surface area contributed by atoms with Crippen molar-refractivity contribution in [2.24, 2.45) is 5.73 Å². The molecule has 0 fully saturated rings. The van der Waals surface area contributed by atoms with E-state index in [0.717, 1.165) is 21.5 Å². The second-order valence-electron chi connectivity index (χ2n) is 2.91. The van der Waals surface area contributed by atoms with E-state index in [1.807, 2.05) is 29.7 Å². The van der Waals surface area contributed by atoms with Gasteiger partial charge in [0.15, 0.2) is 0 Å². The van der Waals surface area contributed by atoms with Crippen LogP contribution in [0.2, 0.25) is 0 Å². The smallest absolute Gasteiger partial charge is 0.110 e. The minimum absolute atomic E-state index is 0.485. The molecule has 4 heteroatoms. The van der Waals surface area contributed by atoms with Gasteiger partial charge in [0, 0.05) is 17.2 Å². The van der Waals surface area contributed by atoms with Crippen LogP contribution in [0.1, 0.15) is 11.5 Å². The van der Waals surface area contributed by atoms with Crippen LogP contribution < -0.4 is 5.73 Å². The number of hydrogen-bond donors (Lipinski definition) is 1.